The summed E-state index contributed by atoms with van der Waals surface area (Å²) in [5.74, 6) is 0.279. The molecule has 1 aromatic heterocycles. The zero-order chi connectivity index (χ0) is 21.3. The molecular formula is C24H21ClN4O. The predicted molar refractivity (Wildman–Crippen MR) is 120 cm³/mol. The number of benzene rings is 3. The van der Waals surface area contributed by atoms with Crippen LogP contribution in [-0.2, 0) is 0 Å². The largest absolute Gasteiger partial charge is 0.319 e. The third-order valence-corrected chi connectivity index (χ3v) is 5.21. The van der Waals surface area contributed by atoms with E-state index < -0.39 is 0 Å². The van der Waals surface area contributed by atoms with Crippen molar-refractivity contribution in [2.24, 2.45) is 0 Å². The number of hydrogen-bond donors (Lipinski definition) is 1. The molecule has 0 aliphatic heterocycles. The van der Waals surface area contributed by atoms with Crippen LogP contribution in [0.25, 0.3) is 17.1 Å². The van der Waals surface area contributed by atoms with Crippen molar-refractivity contribution in [1.82, 2.24) is 14.8 Å². The van der Waals surface area contributed by atoms with Crippen molar-refractivity contribution in [3.8, 4) is 17.1 Å². The molecule has 0 atom stereocenters. The van der Waals surface area contributed by atoms with Crippen molar-refractivity contribution < 1.29 is 4.79 Å². The van der Waals surface area contributed by atoms with Crippen molar-refractivity contribution in [1.29, 1.82) is 0 Å². The van der Waals surface area contributed by atoms with Gasteiger partial charge in [-0.25, -0.2) is 9.67 Å². The summed E-state index contributed by atoms with van der Waals surface area (Å²) in [6.07, 6.45) is 0. The van der Waals surface area contributed by atoms with Gasteiger partial charge in [-0.1, -0.05) is 48.0 Å². The molecule has 1 N–H and O–H groups in total. The SMILES string of the molecule is Cc1cccc(NC(=O)c2nc(-c3cccc(Cl)c3)n(-c3cccc(C)c3C)n2)c1. The monoisotopic (exact) mass is 416 g/mol. The lowest BCUT2D eigenvalue weighted by Gasteiger charge is -2.11. The Balaban J connectivity index is 1.81. The molecular weight excluding hydrogens is 396 g/mol. The average molecular weight is 417 g/mol. The fourth-order valence-electron chi connectivity index (χ4n) is 3.27. The van der Waals surface area contributed by atoms with Gasteiger partial charge in [0.05, 0.1) is 5.69 Å². The molecule has 4 aromatic rings. The van der Waals surface area contributed by atoms with Crippen molar-refractivity contribution in [2.75, 3.05) is 5.32 Å². The van der Waals surface area contributed by atoms with E-state index in [1.165, 1.54) is 0 Å². The molecule has 0 fully saturated rings. The molecule has 0 bridgehead atoms. The molecule has 0 aliphatic carbocycles. The summed E-state index contributed by atoms with van der Waals surface area (Å²) >= 11 is 6.20. The number of aromatic nitrogens is 3. The highest BCUT2D eigenvalue weighted by atomic mass is 35.5. The minimum atomic E-state index is -0.368. The van der Waals surface area contributed by atoms with E-state index in [-0.39, 0.29) is 11.7 Å². The Morgan fingerprint density at radius 2 is 1.73 bits per heavy atom. The molecule has 30 heavy (non-hydrogen) atoms. The van der Waals surface area contributed by atoms with Crippen LogP contribution >= 0.6 is 11.6 Å². The van der Waals surface area contributed by atoms with Gasteiger partial charge in [-0.2, -0.15) is 0 Å². The van der Waals surface area contributed by atoms with E-state index in [0.717, 1.165) is 27.9 Å². The fraction of sp³-hybridized carbons (Fsp3) is 0.125. The van der Waals surface area contributed by atoms with Gasteiger partial charge < -0.3 is 5.32 Å². The molecule has 4 rings (SSSR count). The maximum atomic E-state index is 12.9. The second-order valence-electron chi connectivity index (χ2n) is 7.22. The number of nitrogens with zero attached hydrogens (tertiary/aromatic N) is 3. The quantitative estimate of drug-likeness (QED) is 0.459. The van der Waals surface area contributed by atoms with Crippen LogP contribution in [0, 0.1) is 20.8 Å². The molecule has 6 heteroatoms. The molecule has 1 heterocycles. The number of carbonyl (C=O) groups excluding carboxylic acids is 1. The van der Waals surface area contributed by atoms with E-state index in [4.69, 9.17) is 11.6 Å². The van der Waals surface area contributed by atoms with E-state index in [9.17, 15) is 4.79 Å². The highest BCUT2D eigenvalue weighted by Crippen LogP contribution is 2.26. The molecule has 0 aliphatic rings. The van der Waals surface area contributed by atoms with Crippen LogP contribution < -0.4 is 5.32 Å². The Kier molecular flexibility index (Phi) is 5.38. The van der Waals surface area contributed by atoms with E-state index in [2.05, 4.69) is 15.4 Å². The van der Waals surface area contributed by atoms with E-state index in [0.29, 0.717) is 16.5 Å². The van der Waals surface area contributed by atoms with Gasteiger partial charge in [-0.15, -0.1) is 5.10 Å². The first-order valence-corrected chi connectivity index (χ1v) is 9.98. The van der Waals surface area contributed by atoms with Gasteiger partial charge >= 0.3 is 0 Å². The molecule has 0 radical (unpaired) electrons. The van der Waals surface area contributed by atoms with Crippen LogP contribution in [0.5, 0.6) is 0 Å². The molecule has 0 saturated heterocycles. The summed E-state index contributed by atoms with van der Waals surface area (Å²) in [6, 6.07) is 20.9. The van der Waals surface area contributed by atoms with Gasteiger partial charge in [-0.3, -0.25) is 4.79 Å². The third kappa shape index (κ3) is 3.98. The van der Waals surface area contributed by atoms with E-state index >= 15 is 0 Å². The lowest BCUT2D eigenvalue weighted by Crippen LogP contribution is -2.14. The summed E-state index contributed by atoms with van der Waals surface area (Å²) in [6.45, 7) is 6.04. The molecule has 150 valence electrons. The van der Waals surface area contributed by atoms with Gasteiger partial charge in [0.15, 0.2) is 5.82 Å². The van der Waals surface area contributed by atoms with Gasteiger partial charge in [-0.05, 0) is 67.8 Å². The first-order valence-electron chi connectivity index (χ1n) is 9.60. The van der Waals surface area contributed by atoms with Crippen LogP contribution in [0.3, 0.4) is 0 Å². The lowest BCUT2D eigenvalue weighted by atomic mass is 10.1. The van der Waals surface area contributed by atoms with Gasteiger partial charge in [0.1, 0.15) is 0 Å². The Hall–Kier alpha value is -3.44. The lowest BCUT2D eigenvalue weighted by molar-refractivity contribution is 0.101. The number of hydrogen-bond acceptors (Lipinski definition) is 3. The fourth-order valence-corrected chi connectivity index (χ4v) is 3.46. The normalized spacial score (nSPS) is 10.8. The third-order valence-electron chi connectivity index (χ3n) is 4.97. The standard InChI is InChI=1S/C24H21ClN4O/c1-15-7-4-11-20(13-15)26-24(30)22-27-23(18-9-6-10-19(25)14-18)29(28-22)21-12-5-8-16(2)17(21)3/h4-14H,1-3H3,(H,26,30). The van der Waals surface area contributed by atoms with Crippen molar-refractivity contribution in [3.63, 3.8) is 0 Å². The van der Waals surface area contributed by atoms with Crippen LogP contribution in [0.2, 0.25) is 5.02 Å². The number of nitrogens with one attached hydrogen (secondary N) is 1. The maximum absolute atomic E-state index is 12.9. The highest BCUT2D eigenvalue weighted by Gasteiger charge is 2.20. The van der Waals surface area contributed by atoms with Crippen molar-refractivity contribution in [2.45, 2.75) is 20.8 Å². The second-order valence-corrected chi connectivity index (χ2v) is 7.66. The van der Waals surface area contributed by atoms with Crippen LogP contribution in [0.4, 0.5) is 5.69 Å². The molecule has 5 nitrogen and oxygen atoms in total. The molecule has 0 saturated carbocycles. The summed E-state index contributed by atoms with van der Waals surface area (Å²) < 4.78 is 1.71. The molecule has 0 spiro atoms. The van der Waals surface area contributed by atoms with Crippen LogP contribution in [0.1, 0.15) is 27.3 Å². The van der Waals surface area contributed by atoms with Crippen LogP contribution in [-0.4, -0.2) is 20.7 Å². The summed E-state index contributed by atoms with van der Waals surface area (Å²) in [7, 11) is 0. The number of anilines is 1. The second kappa shape index (κ2) is 8.13. The van der Waals surface area contributed by atoms with Gasteiger partial charge in [0.25, 0.3) is 5.91 Å². The van der Waals surface area contributed by atoms with Gasteiger partial charge in [0.2, 0.25) is 5.82 Å². The predicted octanol–water partition coefficient (Wildman–Crippen LogP) is 5.77. The average Bonchev–Trinajstić information content (AvgIpc) is 3.15. The van der Waals surface area contributed by atoms with Crippen molar-refractivity contribution in [3.05, 3.63) is 94.3 Å². The summed E-state index contributed by atoms with van der Waals surface area (Å²) in [4.78, 5) is 17.5. The molecule has 3 aromatic carbocycles. The zero-order valence-corrected chi connectivity index (χ0v) is 17.7. The first kappa shape index (κ1) is 19.9. The smallest absolute Gasteiger partial charge is 0.295 e. The Morgan fingerprint density at radius 3 is 2.50 bits per heavy atom. The van der Waals surface area contributed by atoms with E-state index in [1.807, 2.05) is 81.4 Å². The summed E-state index contributed by atoms with van der Waals surface area (Å²) in [5.41, 5.74) is 5.61. The first-order chi connectivity index (χ1) is 14.4. The Bertz CT molecular complexity index is 1250. The van der Waals surface area contributed by atoms with Crippen LogP contribution in [0.15, 0.2) is 66.7 Å². The minimum absolute atomic E-state index is 0.0902. The van der Waals surface area contributed by atoms with Crippen molar-refractivity contribution >= 4 is 23.2 Å². The molecule has 1 amide bonds. The number of amides is 1. The Labute approximate surface area is 180 Å². The number of carbonyl (C=O) groups is 1. The highest BCUT2D eigenvalue weighted by molar-refractivity contribution is 6.30. The van der Waals surface area contributed by atoms with Gasteiger partial charge in [0, 0.05) is 16.3 Å². The Morgan fingerprint density at radius 1 is 0.967 bits per heavy atom. The zero-order valence-electron chi connectivity index (χ0n) is 17.0. The minimum Gasteiger partial charge on any atom is -0.319 e. The number of rotatable bonds is 4. The topological polar surface area (TPSA) is 59.8 Å². The maximum Gasteiger partial charge on any atom is 0.295 e. The summed E-state index contributed by atoms with van der Waals surface area (Å²) in [5, 5.41) is 8.03. The number of aryl methyl sites for hydroxylation is 2. The van der Waals surface area contributed by atoms with E-state index in [1.54, 1.807) is 10.7 Å². The number of halogens is 1. The molecule has 0 unspecified atom stereocenters.